The Bertz CT molecular complexity index is 1300. The summed E-state index contributed by atoms with van der Waals surface area (Å²) in [6.45, 7) is 10.4. The fraction of sp³-hybridized carbons (Fsp3) is 0.310. The molecule has 1 atom stereocenters. The van der Waals surface area contributed by atoms with Crippen molar-refractivity contribution in [2.45, 2.75) is 59.1 Å². The lowest BCUT2D eigenvalue weighted by Crippen LogP contribution is -2.41. The third-order valence-corrected chi connectivity index (χ3v) is 7.27. The van der Waals surface area contributed by atoms with Gasteiger partial charge in [-0.05, 0) is 73.2 Å². The highest BCUT2D eigenvalue weighted by molar-refractivity contribution is 9.10. The molecule has 5 heteroatoms. The van der Waals surface area contributed by atoms with Gasteiger partial charge in [-0.15, -0.1) is 0 Å². The van der Waals surface area contributed by atoms with Gasteiger partial charge in [-0.3, -0.25) is 9.59 Å². The van der Waals surface area contributed by atoms with Gasteiger partial charge in [-0.1, -0.05) is 65.7 Å². The summed E-state index contributed by atoms with van der Waals surface area (Å²) in [5.74, 6) is -0.434. The van der Waals surface area contributed by atoms with E-state index < -0.39 is 11.5 Å². The van der Waals surface area contributed by atoms with Crippen LogP contribution in [0.5, 0.6) is 0 Å². The van der Waals surface area contributed by atoms with Crippen LogP contribution in [0.4, 0.5) is 5.69 Å². The molecular formula is C29H30BrNO3. The number of ketones is 1. The third kappa shape index (κ3) is 4.35. The average molecular weight is 520 g/mol. The van der Waals surface area contributed by atoms with Crippen molar-refractivity contribution in [2.24, 2.45) is 0 Å². The Morgan fingerprint density at radius 3 is 2.41 bits per heavy atom. The molecule has 34 heavy (non-hydrogen) atoms. The van der Waals surface area contributed by atoms with Crippen molar-refractivity contribution in [1.29, 1.82) is 0 Å². The quantitative estimate of drug-likeness (QED) is 0.378. The van der Waals surface area contributed by atoms with Gasteiger partial charge in [0, 0.05) is 15.6 Å². The molecule has 4 rings (SSSR count). The zero-order valence-electron chi connectivity index (χ0n) is 20.3. The van der Waals surface area contributed by atoms with E-state index in [-0.39, 0.29) is 18.1 Å². The van der Waals surface area contributed by atoms with E-state index in [2.05, 4.69) is 35.8 Å². The number of rotatable bonds is 6. The van der Waals surface area contributed by atoms with Gasteiger partial charge in [0.05, 0.1) is 18.7 Å². The molecule has 0 radical (unpaired) electrons. The summed E-state index contributed by atoms with van der Waals surface area (Å²) in [6, 6.07) is 17.4. The van der Waals surface area contributed by atoms with E-state index in [1.54, 1.807) is 11.0 Å². The Morgan fingerprint density at radius 2 is 1.71 bits per heavy atom. The molecule has 3 aromatic rings. The Hall–Kier alpha value is -2.76. The number of anilines is 1. The lowest BCUT2D eigenvalue weighted by molar-refractivity contribution is -0.136. The normalized spacial score (nSPS) is 17.4. The van der Waals surface area contributed by atoms with Crippen LogP contribution in [-0.4, -0.2) is 16.8 Å². The van der Waals surface area contributed by atoms with E-state index in [1.165, 1.54) is 0 Å². The monoisotopic (exact) mass is 519 g/mol. The molecule has 0 fully saturated rings. The Morgan fingerprint density at radius 1 is 1.00 bits per heavy atom. The van der Waals surface area contributed by atoms with Crippen molar-refractivity contribution in [3.8, 4) is 0 Å². The first-order valence-corrected chi connectivity index (χ1v) is 12.3. The molecule has 1 aliphatic heterocycles. The highest BCUT2D eigenvalue weighted by Gasteiger charge is 2.51. The van der Waals surface area contributed by atoms with E-state index in [4.69, 9.17) is 0 Å². The van der Waals surface area contributed by atoms with Crippen LogP contribution in [-0.2, 0) is 16.9 Å². The van der Waals surface area contributed by atoms with Gasteiger partial charge in [-0.25, -0.2) is 0 Å². The number of hydrogen-bond acceptors (Lipinski definition) is 3. The maximum atomic E-state index is 13.7. The zero-order valence-corrected chi connectivity index (χ0v) is 21.9. The molecule has 176 valence electrons. The third-order valence-electron chi connectivity index (χ3n) is 6.77. The van der Waals surface area contributed by atoms with Crippen molar-refractivity contribution in [2.75, 3.05) is 4.90 Å². The van der Waals surface area contributed by atoms with Crippen LogP contribution >= 0.6 is 15.9 Å². The molecule has 1 heterocycles. The summed E-state index contributed by atoms with van der Waals surface area (Å²) in [5, 5.41) is 11.8. The molecule has 0 spiro atoms. The van der Waals surface area contributed by atoms with Crippen molar-refractivity contribution >= 4 is 33.3 Å². The number of halogens is 1. The van der Waals surface area contributed by atoms with Gasteiger partial charge >= 0.3 is 0 Å². The van der Waals surface area contributed by atoms with Crippen molar-refractivity contribution in [1.82, 2.24) is 0 Å². The molecule has 0 bridgehead atoms. The number of Topliss-reactive ketones (excluding diaryl/α,β-unsaturated/α-hetero) is 1. The predicted octanol–water partition coefficient (Wildman–Crippen LogP) is 6.51. The van der Waals surface area contributed by atoms with Crippen molar-refractivity contribution < 1.29 is 14.7 Å². The van der Waals surface area contributed by atoms with Crippen molar-refractivity contribution in [3.05, 3.63) is 98.0 Å². The fourth-order valence-electron chi connectivity index (χ4n) is 4.62. The van der Waals surface area contributed by atoms with E-state index in [0.717, 1.165) is 32.3 Å². The number of aryl methyl sites for hydroxylation is 3. The van der Waals surface area contributed by atoms with E-state index in [0.29, 0.717) is 23.4 Å². The molecule has 3 aromatic carbocycles. The molecular weight excluding hydrogens is 490 g/mol. The molecule has 0 saturated carbocycles. The van der Waals surface area contributed by atoms with Gasteiger partial charge in [0.2, 0.25) is 0 Å². The zero-order chi connectivity index (χ0) is 24.8. The lowest BCUT2D eigenvalue weighted by Gasteiger charge is -2.24. The Kier molecular flexibility index (Phi) is 6.54. The minimum Gasteiger partial charge on any atom is -0.375 e. The molecule has 1 amide bonds. The summed E-state index contributed by atoms with van der Waals surface area (Å²) in [4.78, 5) is 28.8. The van der Waals surface area contributed by atoms with Gasteiger partial charge < -0.3 is 10.0 Å². The minimum absolute atomic E-state index is 0.240. The molecule has 0 saturated heterocycles. The summed E-state index contributed by atoms with van der Waals surface area (Å²) in [5.41, 5.74) is 4.81. The molecule has 4 nitrogen and oxygen atoms in total. The minimum atomic E-state index is -1.92. The SMILES string of the molecule is Cc1ccc(C)c(CN2C(=O)[C@](O)(CC(=O)c3cc(C(C)C)ccc3C)c3cc(Br)ccc32)c1. The van der Waals surface area contributed by atoms with E-state index >= 15 is 0 Å². The number of carbonyl (C=O) groups excluding carboxylic acids is 2. The predicted molar refractivity (Wildman–Crippen MR) is 139 cm³/mol. The first-order chi connectivity index (χ1) is 16.0. The Labute approximate surface area is 209 Å². The lowest BCUT2D eigenvalue weighted by atomic mass is 9.86. The van der Waals surface area contributed by atoms with Crippen molar-refractivity contribution in [3.63, 3.8) is 0 Å². The van der Waals surface area contributed by atoms with Gasteiger partial charge in [0.25, 0.3) is 5.91 Å². The fourth-order valence-corrected chi connectivity index (χ4v) is 4.98. The number of amides is 1. The second kappa shape index (κ2) is 9.12. The number of hydrogen-bond donors (Lipinski definition) is 1. The van der Waals surface area contributed by atoms with Crippen LogP contribution in [0.25, 0.3) is 0 Å². The van der Waals surface area contributed by atoms with Crippen LogP contribution in [0.15, 0.2) is 59.1 Å². The maximum Gasteiger partial charge on any atom is 0.264 e. The topological polar surface area (TPSA) is 57.6 Å². The summed E-state index contributed by atoms with van der Waals surface area (Å²) < 4.78 is 0.747. The molecule has 0 aromatic heterocycles. The summed E-state index contributed by atoms with van der Waals surface area (Å²) >= 11 is 3.47. The number of benzene rings is 3. The van der Waals surface area contributed by atoms with Crippen LogP contribution in [0.3, 0.4) is 0 Å². The number of aliphatic hydroxyl groups is 1. The molecule has 1 N–H and O–H groups in total. The van der Waals surface area contributed by atoms with E-state index in [1.807, 2.05) is 63.2 Å². The first kappa shape index (κ1) is 24.4. The highest BCUT2D eigenvalue weighted by Crippen LogP contribution is 2.45. The van der Waals surface area contributed by atoms with E-state index in [9.17, 15) is 14.7 Å². The first-order valence-electron chi connectivity index (χ1n) is 11.6. The maximum absolute atomic E-state index is 13.7. The van der Waals surface area contributed by atoms with Crippen LogP contribution in [0, 0.1) is 20.8 Å². The smallest absolute Gasteiger partial charge is 0.264 e. The number of nitrogens with zero attached hydrogens (tertiary/aromatic N) is 1. The molecule has 0 aliphatic carbocycles. The highest BCUT2D eigenvalue weighted by atomic mass is 79.9. The van der Waals surface area contributed by atoms with Crippen LogP contribution < -0.4 is 4.90 Å². The van der Waals surface area contributed by atoms with Gasteiger partial charge in [-0.2, -0.15) is 0 Å². The Balaban J connectivity index is 1.74. The second-order valence-corrected chi connectivity index (χ2v) is 10.6. The van der Waals surface area contributed by atoms with Crippen LogP contribution in [0.2, 0.25) is 0 Å². The number of fused-ring (bicyclic) bond motifs is 1. The summed E-state index contributed by atoms with van der Waals surface area (Å²) in [6.07, 6.45) is -0.305. The average Bonchev–Trinajstić information content (AvgIpc) is 2.97. The largest absolute Gasteiger partial charge is 0.375 e. The molecule has 1 aliphatic rings. The second-order valence-electron chi connectivity index (χ2n) is 9.67. The van der Waals surface area contributed by atoms with Gasteiger partial charge in [0.15, 0.2) is 11.4 Å². The molecule has 0 unspecified atom stereocenters. The standard InChI is InChI=1S/C29H30BrNO3/c1-17(2)21-9-8-20(5)24(13-21)27(32)15-29(34)25-14-23(30)10-11-26(25)31(28(29)33)16-22-12-18(3)6-7-19(22)4/h6-14,17,34H,15-16H2,1-5H3/t29-/m0/s1. The van der Waals surface area contributed by atoms with Crippen LogP contribution in [0.1, 0.15) is 69.9 Å². The number of carbonyl (C=O) groups is 2. The van der Waals surface area contributed by atoms with Gasteiger partial charge in [0.1, 0.15) is 0 Å². The summed E-state index contributed by atoms with van der Waals surface area (Å²) in [7, 11) is 0.